The van der Waals surface area contributed by atoms with Crippen molar-refractivity contribution in [3.05, 3.63) is 33.9 Å². The van der Waals surface area contributed by atoms with E-state index in [2.05, 4.69) is 15.9 Å². The predicted octanol–water partition coefficient (Wildman–Crippen LogP) is 2.53. The SMILES string of the molecule is COc1c(C)c2c(c(OCCN3CCOCC3)c1CC=C(C)CCC(=O)OCCN1CCOCC1)C(=O)OC2. The Labute approximate surface area is 231 Å². The van der Waals surface area contributed by atoms with Crippen molar-refractivity contribution in [3.8, 4) is 11.5 Å². The molecule has 216 valence electrons. The first-order valence-electron chi connectivity index (χ1n) is 13.9. The van der Waals surface area contributed by atoms with Crippen LogP contribution in [-0.4, -0.2) is 108 Å². The molecule has 0 amide bonds. The van der Waals surface area contributed by atoms with E-state index in [4.69, 9.17) is 28.4 Å². The fourth-order valence-electron chi connectivity index (χ4n) is 5.13. The molecule has 0 bridgehead atoms. The molecule has 0 radical (unpaired) electrons. The van der Waals surface area contributed by atoms with Gasteiger partial charge < -0.3 is 28.4 Å². The molecule has 3 aliphatic rings. The van der Waals surface area contributed by atoms with Crippen molar-refractivity contribution in [1.82, 2.24) is 9.80 Å². The first kappa shape index (κ1) is 29.3. The number of fused-ring (bicyclic) bond motifs is 1. The maximum Gasteiger partial charge on any atom is 0.342 e. The summed E-state index contributed by atoms with van der Waals surface area (Å²) < 4.78 is 33.7. The average Bonchev–Trinajstić information content (AvgIpc) is 3.34. The highest BCUT2D eigenvalue weighted by molar-refractivity contribution is 5.98. The molecule has 0 N–H and O–H groups in total. The molecule has 3 aliphatic heterocycles. The van der Waals surface area contributed by atoms with E-state index in [0.29, 0.717) is 49.5 Å². The maximum atomic E-state index is 12.7. The molecule has 0 aromatic heterocycles. The van der Waals surface area contributed by atoms with Crippen molar-refractivity contribution in [2.24, 2.45) is 0 Å². The van der Waals surface area contributed by atoms with Gasteiger partial charge in [-0.05, 0) is 32.3 Å². The van der Waals surface area contributed by atoms with Crippen LogP contribution in [0.15, 0.2) is 11.6 Å². The summed E-state index contributed by atoms with van der Waals surface area (Å²) in [7, 11) is 1.64. The fraction of sp³-hybridized carbons (Fsp3) is 0.655. The molecule has 0 atom stereocenters. The summed E-state index contributed by atoms with van der Waals surface area (Å²) in [5, 5.41) is 0. The monoisotopic (exact) mass is 546 g/mol. The fourth-order valence-corrected chi connectivity index (χ4v) is 5.13. The Bertz CT molecular complexity index is 1030. The topological polar surface area (TPSA) is 96.0 Å². The van der Waals surface area contributed by atoms with Crippen molar-refractivity contribution in [2.45, 2.75) is 39.7 Å². The number of methoxy groups -OCH3 is 1. The number of carbonyl (C=O) groups excluding carboxylic acids is 2. The van der Waals surface area contributed by atoms with E-state index in [-0.39, 0.29) is 18.5 Å². The van der Waals surface area contributed by atoms with Gasteiger partial charge >= 0.3 is 11.9 Å². The lowest BCUT2D eigenvalue weighted by Gasteiger charge is -2.27. The van der Waals surface area contributed by atoms with Gasteiger partial charge in [0.1, 0.15) is 36.9 Å². The molecule has 39 heavy (non-hydrogen) atoms. The van der Waals surface area contributed by atoms with E-state index < -0.39 is 0 Å². The first-order valence-corrected chi connectivity index (χ1v) is 13.9. The Kier molecular flexibility index (Phi) is 11.0. The van der Waals surface area contributed by atoms with Crippen molar-refractivity contribution in [3.63, 3.8) is 0 Å². The van der Waals surface area contributed by atoms with Gasteiger partial charge in [-0.2, -0.15) is 0 Å². The summed E-state index contributed by atoms with van der Waals surface area (Å²) in [4.78, 5) is 29.5. The number of morpholine rings is 2. The van der Waals surface area contributed by atoms with Gasteiger partial charge in [0.25, 0.3) is 0 Å². The molecule has 3 heterocycles. The minimum absolute atomic E-state index is 0.197. The molecular formula is C29H42N2O8. The number of allylic oxidation sites excluding steroid dienone is 2. The van der Waals surface area contributed by atoms with Gasteiger partial charge in [-0.15, -0.1) is 0 Å². The molecule has 2 fully saturated rings. The summed E-state index contributed by atoms with van der Waals surface area (Å²) in [5.74, 6) is 0.686. The minimum Gasteiger partial charge on any atom is -0.496 e. The molecule has 1 aromatic rings. The lowest BCUT2D eigenvalue weighted by molar-refractivity contribution is -0.144. The van der Waals surface area contributed by atoms with Crippen LogP contribution in [-0.2, 0) is 36.8 Å². The van der Waals surface area contributed by atoms with Gasteiger partial charge in [-0.25, -0.2) is 4.79 Å². The highest BCUT2D eigenvalue weighted by atomic mass is 16.5. The van der Waals surface area contributed by atoms with Crippen LogP contribution in [0.1, 0.15) is 46.8 Å². The molecular weight excluding hydrogens is 504 g/mol. The molecule has 0 unspecified atom stereocenters. The molecule has 0 aliphatic carbocycles. The summed E-state index contributed by atoms with van der Waals surface area (Å²) in [6, 6.07) is 0. The smallest absolute Gasteiger partial charge is 0.342 e. The number of nitrogens with zero attached hydrogens (tertiary/aromatic N) is 2. The highest BCUT2D eigenvalue weighted by Gasteiger charge is 2.33. The summed E-state index contributed by atoms with van der Waals surface area (Å²) in [6.07, 6.45) is 3.49. The standard InChI is InChI=1S/C29H42N2O8/c1-21(5-7-25(32)37-18-12-30-8-14-35-15-9-30)4-6-23-27(34-3)22(2)24-20-39-29(33)26(24)28(23)38-19-13-31-10-16-36-17-11-31/h4H,5-20H2,1-3H3. The van der Waals surface area contributed by atoms with Crippen LogP contribution in [0.4, 0.5) is 0 Å². The third-order valence-corrected chi connectivity index (χ3v) is 7.54. The number of benzene rings is 1. The Morgan fingerprint density at radius 1 is 0.949 bits per heavy atom. The number of esters is 2. The highest BCUT2D eigenvalue weighted by Crippen LogP contribution is 2.43. The number of carbonyl (C=O) groups is 2. The quantitative estimate of drug-likeness (QED) is 0.271. The number of cyclic esters (lactones) is 1. The predicted molar refractivity (Wildman–Crippen MR) is 145 cm³/mol. The average molecular weight is 547 g/mol. The lowest BCUT2D eigenvalue weighted by Crippen LogP contribution is -2.38. The van der Waals surface area contributed by atoms with E-state index in [9.17, 15) is 9.59 Å². The molecule has 0 spiro atoms. The second-order valence-electron chi connectivity index (χ2n) is 10.1. The second-order valence-corrected chi connectivity index (χ2v) is 10.1. The molecule has 0 saturated carbocycles. The van der Waals surface area contributed by atoms with E-state index in [1.165, 1.54) is 0 Å². The largest absolute Gasteiger partial charge is 0.496 e. The Morgan fingerprint density at radius 2 is 1.59 bits per heavy atom. The van der Waals surface area contributed by atoms with E-state index in [1.54, 1.807) is 7.11 Å². The molecule has 1 aromatic carbocycles. The van der Waals surface area contributed by atoms with Gasteiger partial charge in [-0.3, -0.25) is 14.6 Å². The number of ether oxygens (including phenoxy) is 6. The van der Waals surface area contributed by atoms with Crippen LogP contribution < -0.4 is 9.47 Å². The van der Waals surface area contributed by atoms with Crippen LogP contribution in [0.5, 0.6) is 11.5 Å². The van der Waals surface area contributed by atoms with Crippen LogP contribution in [0.25, 0.3) is 0 Å². The number of hydrogen-bond donors (Lipinski definition) is 0. The summed E-state index contributed by atoms with van der Waals surface area (Å²) >= 11 is 0. The molecule has 10 heteroatoms. The second kappa shape index (κ2) is 14.6. The van der Waals surface area contributed by atoms with Crippen LogP contribution in [0.3, 0.4) is 0 Å². The zero-order valence-corrected chi connectivity index (χ0v) is 23.6. The zero-order valence-electron chi connectivity index (χ0n) is 23.6. The Hall–Kier alpha value is -2.66. The van der Waals surface area contributed by atoms with Crippen LogP contribution in [0, 0.1) is 6.92 Å². The van der Waals surface area contributed by atoms with Crippen LogP contribution in [0.2, 0.25) is 0 Å². The normalized spacial score (nSPS) is 18.5. The van der Waals surface area contributed by atoms with Gasteiger partial charge in [0, 0.05) is 56.8 Å². The molecule has 4 rings (SSSR count). The van der Waals surface area contributed by atoms with Crippen molar-refractivity contribution >= 4 is 11.9 Å². The Morgan fingerprint density at radius 3 is 2.23 bits per heavy atom. The van der Waals surface area contributed by atoms with Gasteiger partial charge in [0.05, 0.1) is 33.5 Å². The van der Waals surface area contributed by atoms with Gasteiger partial charge in [0.2, 0.25) is 0 Å². The number of rotatable bonds is 13. The van der Waals surface area contributed by atoms with E-state index >= 15 is 0 Å². The van der Waals surface area contributed by atoms with E-state index in [0.717, 1.165) is 88.0 Å². The maximum absolute atomic E-state index is 12.7. The lowest BCUT2D eigenvalue weighted by atomic mass is 9.94. The molecule has 10 nitrogen and oxygen atoms in total. The minimum atomic E-state index is -0.362. The number of hydrogen-bond acceptors (Lipinski definition) is 10. The van der Waals surface area contributed by atoms with Crippen molar-refractivity contribution in [2.75, 3.05) is 86.0 Å². The van der Waals surface area contributed by atoms with Crippen molar-refractivity contribution in [1.29, 1.82) is 0 Å². The third-order valence-electron chi connectivity index (χ3n) is 7.54. The van der Waals surface area contributed by atoms with Crippen LogP contribution >= 0.6 is 0 Å². The third kappa shape index (κ3) is 7.94. The van der Waals surface area contributed by atoms with Gasteiger partial charge in [-0.1, -0.05) is 11.6 Å². The summed E-state index contributed by atoms with van der Waals surface area (Å²) in [6.45, 7) is 12.9. The zero-order chi connectivity index (χ0) is 27.6. The van der Waals surface area contributed by atoms with Crippen molar-refractivity contribution < 1.29 is 38.0 Å². The first-order chi connectivity index (χ1) is 19.0. The summed E-state index contributed by atoms with van der Waals surface area (Å²) in [5.41, 5.74) is 4.09. The Balaban J connectivity index is 1.38. The van der Waals surface area contributed by atoms with E-state index in [1.807, 2.05) is 13.8 Å². The molecule has 2 saturated heterocycles. The van der Waals surface area contributed by atoms with Gasteiger partial charge in [0.15, 0.2) is 0 Å².